The van der Waals surface area contributed by atoms with Gasteiger partial charge in [0.15, 0.2) is 0 Å². The standard InChI is InChI=1S/C15H11N3O3/c19-12-3-1-11(2-4-12)18-14(20)13(17-15(18)21)9-10-5-7-16-8-6-10/h1-9,19H,(H,17,21)/b13-9-. The highest BCUT2D eigenvalue weighted by molar-refractivity contribution is 6.28. The molecule has 0 bridgehead atoms. The second-order valence-electron chi connectivity index (χ2n) is 4.43. The smallest absolute Gasteiger partial charge is 0.333 e. The minimum absolute atomic E-state index is 0.0679. The highest BCUT2D eigenvalue weighted by atomic mass is 16.3. The summed E-state index contributed by atoms with van der Waals surface area (Å²) >= 11 is 0. The summed E-state index contributed by atoms with van der Waals surface area (Å²) < 4.78 is 0. The van der Waals surface area contributed by atoms with Crippen molar-refractivity contribution < 1.29 is 14.7 Å². The lowest BCUT2D eigenvalue weighted by Gasteiger charge is -2.11. The number of aromatic hydroxyl groups is 1. The molecule has 3 rings (SSSR count). The van der Waals surface area contributed by atoms with Gasteiger partial charge in [0.2, 0.25) is 0 Å². The molecule has 0 saturated carbocycles. The van der Waals surface area contributed by atoms with Gasteiger partial charge in [-0.05, 0) is 48.0 Å². The van der Waals surface area contributed by atoms with Crippen LogP contribution in [0.2, 0.25) is 0 Å². The molecule has 0 spiro atoms. The zero-order valence-electron chi connectivity index (χ0n) is 10.9. The van der Waals surface area contributed by atoms with Gasteiger partial charge >= 0.3 is 6.03 Å². The predicted molar refractivity (Wildman–Crippen MR) is 76.3 cm³/mol. The molecule has 1 aliphatic rings. The number of phenols is 1. The second-order valence-corrected chi connectivity index (χ2v) is 4.43. The lowest BCUT2D eigenvalue weighted by atomic mass is 10.2. The summed E-state index contributed by atoms with van der Waals surface area (Å²) in [4.78, 5) is 29.2. The molecule has 3 amide bonds. The van der Waals surface area contributed by atoms with E-state index in [2.05, 4.69) is 10.3 Å². The summed E-state index contributed by atoms with van der Waals surface area (Å²) in [7, 11) is 0. The molecule has 0 radical (unpaired) electrons. The minimum Gasteiger partial charge on any atom is -0.508 e. The average Bonchev–Trinajstić information content (AvgIpc) is 2.76. The number of benzene rings is 1. The number of nitrogens with one attached hydrogen (secondary N) is 1. The first kappa shape index (κ1) is 12.9. The predicted octanol–water partition coefficient (Wildman–Crippen LogP) is 1.88. The fourth-order valence-corrected chi connectivity index (χ4v) is 2.00. The van der Waals surface area contributed by atoms with Gasteiger partial charge in [0, 0.05) is 12.4 Å². The molecule has 1 aromatic heterocycles. The summed E-state index contributed by atoms with van der Waals surface area (Å²) in [6, 6.07) is 8.78. The van der Waals surface area contributed by atoms with Crippen molar-refractivity contribution in [2.45, 2.75) is 0 Å². The van der Waals surface area contributed by atoms with Crippen LogP contribution in [0.3, 0.4) is 0 Å². The minimum atomic E-state index is -0.522. The van der Waals surface area contributed by atoms with Crippen LogP contribution < -0.4 is 10.2 Å². The Morgan fingerprint density at radius 1 is 1.05 bits per heavy atom. The molecule has 2 aromatic rings. The second kappa shape index (κ2) is 5.09. The first-order chi connectivity index (χ1) is 10.1. The van der Waals surface area contributed by atoms with Gasteiger partial charge in [-0.15, -0.1) is 0 Å². The monoisotopic (exact) mass is 281 g/mol. The van der Waals surface area contributed by atoms with Crippen LogP contribution in [-0.4, -0.2) is 22.0 Å². The molecule has 2 N–H and O–H groups in total. The molecule has 0 unspecified atom stereocenters. The van der Waals surface area contributed by atoms with Gasteiger partial charge in [-0.2, -0.15) is 0 Å². The SMILES string of the molecule is O=C1N/C(=C\c2ccncc2)C(=O)N1c1ccc(O)cc1. The maximum Gasteiger partial charge on any atom is 0.333 e. The highest BCUT2D eigenvalue weighted by Gasteiger charge is 2.34. The van der Waals surface area contributed by atoms with Crippen LogP contribution in [-0.2, 0) is 4.79 Å². The third-order valence-electron chi connectivity index (χ3n) is 3.00. The van der Waals surface area contributed by atoms with Gasteiger partial charge in [-0.25, -0.2) is 9.69 Å². The van der Waals surface area contributed by atoms with Crippen LogP contribution in [0, 0.1) is 0 Å². The number of carbonyl (C=O) groups is 2. The largest absolute Gasteiger partial charge is 0.508 e. The molecule has 1 aliphatic heterocycles. The van der Waals surface area contributed by atoms with Crippen molar-refractivity contribution in [3.8, 4) is 5.75 Å². The number of urea groups is 1. The number of anilines is 1. The van der Waals surface area contributed by atoms with Crippen LogP contribution in [0.1, 0.15) is 5.56 Å². The quantitative estimate of drug-likeness (QED) is 0.650. The number of hydrogen-bond acceptors (Lipinski definition) is 4. The number of carbonyl (C=O) groups excluding carboxylic acids is 2. The van der Waals surface area contributed by atoms with Gasteiger partial charge in [-0.1, -0.05) is 0 Å². The number of pyridine rings is 1. The lowest BCUT2D eigenvalue weighted by molar-refractivity contribution is -0.113. The molecule has 6 nitrogen and oxygen atoms in total. The average molecular weight is 281 g/mol. The maximum absolute atomic E-state index is 12.3. The van der Waals surface area contributed by atoms with Crippen molar-refractivity contribution in [3.63, 3.8) is 0 Å². The zero-order valence-corrected chi connectivity index (χ0v) is 10.9. The van der Waals surface area contributed by atoms with Gasteiger partial charge < -0.3 is 10.4 Å². The molecule has 104 valence electrons. The van der Waals surface area contributed by atoms with Crippen LogP contribution in [0.25, 0.3) is 6.08 Å². The molecule has 2 heterocycles. The van der Waals surface area contributed by atoms with E-state index in [4.69, 9.17) is 0 Å². The van der Waals surface area contributed by atoms with Crippen molar-refractivity contribution >= 4 is 23.7 Å². The molecular weight excluding hydrogens is 270 g/mol. The number of rotatable bonds is 2. The van der Waals surface area contributed by atoms with E-state index in [9.17, 15) is 14.7 Å². The molecule has 21 heavy (non-hydrogen) atoms. The lowest BCUT2D eigenvalue weighted by Crippen LogP contribution is -2.30. The van der Waals surface area contributed by atoms with E-state index in [0.717, 1.165) is 10.5 Å². The van der Waals surface area contributed by atoms with Gasteiger partial charge in [0.1, 0.15) is 11.4 Å². The van der Waals surface area contributed by atoms with E-state index in [1.807, 2.05) is 0 Å². The van der Waals surface area contributed by atoms with E-state index >= 15 is 0 Å². The van der Waals surface area contributed by atoms with E-state index in [1.165, 1.54) is 24.3 Å². The molecular formula is C15H11N3O3. The Morgan fingerprint density at radius 2 is 1.71 bits per heavy atom. The number of aromatic nitrogens is 1. The Labute approximate surface area is 120 Å². The fourth-order valence-electron chi connectivity index (χ4n) is 2.00. The van der Waals surface area contributed by atoms with E-state index in [0.29, 0.717) is 5.69 Å². The number of amides is 3. The first-order valence-corrected chi connectivity index (χ1v) is 6.21. The number of nitrogens with zero attached hydrogens (tertiary/aromatic N) is 2. The Morgan fingerprint density at radius 3 is 2.38 bits per heavy atom. The third kappa shape index (κ3) is 2.46. The Bertz CT molecular complexity index is 724. The van der Waals surface area contributed by atoms with Crippen LogP contribution in [0.15, 0.2) is 54.5 Å². The van der Waals surface area contributed by atoms with E-state index in [1.54, 1.807) is 30.6 Å². The topological polar surface area (TPSA) is 82.5 Å². The van der Waals surface area contributed by atoms with E-state index in [-0.39, 0.29) is 11.4 Å². The Hall–Kier alpha value is -3.15. The zero-order chi connectivity index (χ0) is 14.8. The maximum atomic E-state index is 12.3. The number of hydrogen-bond donors (Lipinski definition) is 2. The molecule has 6 heteroatoms. The first-order valence-electron chi connectivity index (χ1n) is 6.21. The van der Waals surface area contributed by atoms with Crippen molar-refractivity contribution in [2.24, 2.45) is 0 Å². The summed E-state index contributed by atoms with van der Waals surface area (Å²) in [5, 5.41) is 11.8. The fraction of sp³-hybridized carbons (Fsp3) is 0. The molecule has 0 aliphatic carbocycles. The summed E-state index contributed by atoms with van der Waals surface area (Å²) in [6.45, 7) is 0. The summed E-state index contributed by atoms with van der Waals surface area (Å²) in [5.41, 5.74) is 1.36. The molecule has 1 fully saturated rings. The van der Waals surface area contributed by atoms with Gasteiger partial charge in [0.05, 0.1) is 5.69 Å². The number of imide groups is 1. The highest BCUT2D eigenvalue weighted by Crippen LogP contribution is 2.24. The normalized spacial score (nSPS) is 16.4. The molecule has 0 atom stereocenters. The third-order valence-corrected chi connectivity index (χ3v) is 3.00. The van der Waals surface area contributed by atoms with Crippen molar-refractivity contribution in [1.82, 2.24) is 10.3 Å². The summed E-state index contributed by atoms with van der Waals surface area (Å²) in [6.07, 6.45) is 4.79. The summed E-state index contributed by atoms with van der Waals surface area (Å²) in [5.74, 6) is -0.374. The van der Waals surface area contributed by atoms with Crippen molar-refractivity contribution in [2.75, 3.05) is 4.90 Å². The van der Waals surface area contributed by atoms with Crippen molar-refractivity contribution in [1.29, 1.82) is 0 Å². The van der Waals surface area contributed by atoms with Crippen LogP contribution >= 0.6 is 0 Å². The Kier molecular flexibility index (Phi) is 3.12. The van der Waals surface area contributed by atoms with E-state index < -0.39 is 11.9 Å². The number of phenolic OH excluding ortho intramolecular Hbond substituents is 1. The van der Waals surface area contributed by atoms with Gasteiger partial charge in [-0.3, -0.25) is 9.78 Å². The molecule has 1 saturated heterocycles. The van der Waals surface area contributed by atoms with Crippen LogP contribution in [0.4, 0.5) is 10.5 Å². The van der Waals surface area contributed by atoms with Crippen LogP contribution in [0.5, 0.6) is 5.75 Å². The van der Waals surface area contributed by atoms with Crippen molar-refractivity contribution in [3.05, 3.63) is 60.1 Å². The van der Waals surface area contributed by atoms with Gasteiger partial charge in [0.25, 0.3) is 5.91 Å². The Balaban J connectivity index is 1.92. The molecule has 1 aromatic carbocycles.